The summed E-state index contributed by atoms with van der Waals surface area (Å²) in [5, 5.41) is 20.9. The lowest BCUT2D eigenvalue weighted by Gasteiger charge is -2.07. The van der Waals surface area contributed by atoms with Crippen LogP contribution in [0, 0.1) is 0 Å². The van der Waals surface area contributed by atoms with Gasteiger partial charge in [0.1, 0.15) is 11.3 Å². The molecule has 0 saturated carbocycles. The second kappa shape index (κ2) is 6.32. The number of nitrogens with one attached hydrogen (secondary N) is 1. The zero-order chi connectivity index (χ0) is 15.4. The number of thioether (sulfide) groups is 1. The summed E-state index contributed by atoms with van der Waals surface area (Å²) < 4.78 is 0. The molecule has 0 saturated heterocycles. The molecule has 0 aliphatic carbocycles. The van der Waals surface area contributed by atoms with Crippen LogP contribution in [0.2, 0.25) is 0 Å². The number of carboxylic acid groups (broad SMARTS) is 1. The molecule has 3 N–H and O–H groups in total. The lowest BCUT2D eigenvalue weighted by molar-refractivity contribution is 0.0693. The third-order valence-corrected chi connectivity index (χ3v) is 3.58. The second-order valence-electron chi connectivity index (χ2n) is 4.22. The van der Waals surface area contributed by atoms with Crippen molar-refractivity contribution in [3.8, 4) is 5.75 Å². The Morgan fingerprint density at radius 1 is 1.10 bits per heavy atom. The number of hydrogen-bond acceptors (Lipinski definition) is 4. The van der Waals surface area contributed by atoms with Gasteiger partial charge in [-0.05, 0) is 48.7 Å². The molecule has 0 fully saturated rings. The molecular weight excluding hydrogens is 290 g/mol. The predicted octanol–water partition coefficient (Wildman–Crippen LogP) is 3.06. The lowest BCUT2D eigenvalue weighted by atomic mass is 10.1. The smallest absolute Gasteiger partial charge is 0.339 e. The molecule has 1 amide bonds. The van der Waals surface area contributed by atoms with Gasteiger partial charge in [0.05, 0.1) is 0 Å². The molecule has 6 heteroatoms. The fourth-order valence-electron chi connectivity index (χ4n) is 1.73. The highest BCUT2D eigenvalue weighted by Gasteiger charge is 2.12. The first-order valence-electron chi connectivity index (χ1n) is 6.03. The summed E-state index contributed by atoms with van der Waals surface area (Å²) in [6.07, 6.45) is 1.94. The average molecular weight is 303 g/mol. The third kappa shape index (κ3) is 3.55. The quantitative estimate of drug-likeness (QED) is 0.597. The standard InChI is InChI=1S/C15H13NO4S/c1-21-11-5-2-9(3-6-11)14(18)16-10-4-7-13(17)12(8-10)15(19)20/h2-8,17H,1H3,(H,16,18)(H,19,20). The van der Waals surface area contributed by atoms with Crippen LogP contribution in [0.4, 0.5) is 5.69 Å². The first-order valence-corrected chi connectivity index (χ1v) is 7.25. The molecule has 0 aromatic heterocycles. The van der Waals surface area contributed by atoms with Gasteiger partial charge in [-0.3, -0.25) is 4.79 Å². The van der Waals surface area contributed by atoms with Crippen molar-refractivity contribution in [2.75, 3.05) is 11.6 Å². The van der Waals surface area contributed by atoms with E-state index in [1.165, 1.54) is 18.2 Å². The van der Waals surface area contributed by atoms with Crippen molar-refractivity contribution >= 4 is 29.3 Å². The van der Waals surface area contributed by atoms with Gasteiger partial charge in [-0.2, -0.15) is 0 Å². The first-order chi connectivity index (χ1) is 10.0. The van der Waals surface area contributed by atoms with Crippen molar-refractivity contribution in [3.63, 3.8) is 0 Å². The van der Waals surface area contributed by atoms with Crippen molar-refractivity contribution in [2.24, 2.45) is 0 Å². The van der Waals surface area contributed by atoms with E-state index in [0.29, 0.717) is 11.3 Å². The molecular formula is C15H13NO4S. The molecule has 0 heterocycles. The van der Waals surface area contributed by atoms with Crippen molar-refractivity contribution in [1.29, 1.82) is 0 Å². The summed E-state index contributed by atoms with van der Waals surface area (Å²) in [5.41, 5.74) is 0.521. The van der Waals surface area contributed by atoms with Gasteiger partial charge in [-0.25, -0.2) is 4.79 Å². The van der Waals surface area contributed by atoms with E-state index in [4.69, 9.17) is 5.11 Å². The fraction of sp³-hybridized carbons (Fsp3) is 0.0667. The maximum atomic E-state index is 12.1. The molecule has 2 aromatic rings. The topological polar surface area (TPSA) is 86.6 Å². The summed E-state index contributed by atoms with van der Waals surface area (Å²) in [6, 6.07) is 10.9. The Labute approximate surface area is 125 Å². The minimum atomic E-state index is -1.26. The lowest BCUT2D eigenvalue weighted by Crippen LogP contribution is -2.12. The molecule has 2 rings (SSSR count). The van der Waals surface area contributed by atoms with Crippen LogP contribution >= 0.6 is 11.8 Å². The number of rotatable bonds is 4. The molecule has 0 aliphatic rings. The Kier molecular flexibility index (Phi) is 4.49. The maximum Gasteiger partial charge on any atom is 0.339 e. The molecule has 0 aliphatic heterocycles. The van der Waals surface area contributed by atoms with E-state index in [0.717, 1.165) is 4.90 Å². The van der Waals surface area contributed by atoms with Crippen LogP contribution < -0.4 is 5.32 Å². The van der Waals surface area contributed by atoms with Gasteiger partial charge in [0.15, 0.2) is 0 Å². The van der Waals surface area contributed by atoms with E-state index < -0.39 is 5.97 Å². The van der Waals surface area contributed by atoms with Gasteiger partial charge >= 0.3 is 5.97 Å². The molecule has 0 spiro atoms. The summed E-state index contributed by atoms with van der Waals surface area (Å²) in [5.74, 6) is -1.94. The first kappa shape index (κ1) is 14.9. The van der Waals surface area contributed by atoms with E-state index >= 15 is 0 Å². The molecule has 108 valence electrons. The van der Waals surface area contributed by atoms with Crippen LogP contribution in [0.15, 0.2) is 47.4 Å². The Morgan fingerprint density at radius 2 is 1.76 bits per heavy atom. The van der Waals surface area contributed by atoms with Gasteiger partial charge in [0, 0.05) is 16.1 Å². The van der Waals surface area contributed by atoms with Gasteiger partial charge in [-0.15, -0.1) is 11.8 Å². The summed E-state index contributed by atoms with van der Waals surface area (Å²) >= 11 is 1.58. The van der Waals surface area contributed by atoms with Gasteiger partial charge in [0.25, 0.3) is 5.91 Å². The number of carbonyl (C=O) groups excluding carboxylic acids is 1. The zero-order valence-electron chi connectivity index (χ0n) is 11.2. The number of benzene rings is 2. The normalized spacial score (nSPS) is 10.1. The highest BCUT2D eigenvalue weighted by Crippen LogP contribution is 2.22. The number of carboxylic acids is 1. The fourth-order valence-corrected chi connectivity index (χ4v) is 2.14. The highest BCUT2D eigenvalue weighted by molar-refractivity contribution is 7.98. The molecule has 0 bridgehead atoms. The Balaban J connectivity index is 2.19. The van der Waals surface area contributed by atoms with Crippen LogP contribution in [0.3, 0.4) is 0 Å². The largest absolute Gasteiger partial charge is 0.507 e. The number of amides is 1. The number of aromatic carboxylic acids is 1. The van der Waals surface area contributed by atoms with E-state index in [1.807, 2.05) is 18.4 Å². The summed E-state index contributed by atoms with van der Waals surface area (Å²) in [6.45, 7) is 0. The minimum absolute atomic E-state index is 0.259. The Morgan fingerprint density at radius 3 is 2.33 bits per heavy atom. The van der Waals surface area contributed by atoms with Crippen LogP contribution in [-0.4, -0.2) is 28.3 Å². The molecule has 0 radical (unpaired) electrons. The molecule has 21 heavy (non-hydrogen) atoms. The van der Waals surface area contributed by atoms with Crippen LogP contribution in [0.1, 0.15) is 20.7 Å². The number of phenols is 1. The Hall–Kier alpha value is -2.47. The van der Waals surface area contributed by atoms with E-state index in [1.54, 1.807) is 23.9 Å². The van der Waals surface area contributed by atoms with Gasteiger partial charge in [-0.1, -0.05) is 0 Å². The number of anilines is 1. The predicted molar refractivity (Wildman–Crippen MR) is 81.2 cm³/mol. The zero-order valence-corrected chi connectivity index (χ0v) is 12.0. The average Bonchev–Trinajstić information content (AvgIpc) is 2.49. The van der Waals surface area contributed by atoms with Crippen LogP contribution in [0.25, 0.3) is 0 Å². The van der Waals surface area contributed by atoms with Gasteiger partial charge in [0.2, 0.25) is 0 Å². The van der Waals surface area contributed by atoms with Crippen molar-refractivity contribution in [2.45, 2.75) is 4.90 Å². The molecule has 0 unspecified atom stereocenters. The minimum Gasteiger partial charge on any atom is -0.507 e. The molecule has 0 atom stereocenters. The monoisotopic (exact) mass is 303 g/mol. The van der Waals surface area contributed by atoms with E-state index in [2.05, 4.69) is 5.32 Å². The highest BCUT2D eigenvalue weighted by atomic mass is 32.2. The Bertz CT molecular complexity index is 683. The third-order valence-electron chi connectivity index (χ3n) is 2.84. The SMILES string of the molecule is CSc1ccc(C(=O)Nc2ccc(O)c(C(=O)O)c2)cc1. The van der Waals surface area contributed by atoms with Gasteiger partial charge < -0.3 is 15.5 Å². The molecule has 5 nitrogen and oxygen atoms in total. The van der Waals surface area contributed by atoms with E-state index in [-0.39, 0.29) is 17.2 Å². The van der Waals surface area contributed by atoms with Crippen molar-refractivity contribution < 1.29 is 19.8 Å². The second-order valence-corrected chi connectivity index (χ2v) is 5.10. The number of hydrogen-bond donors (Lipinski definition) is 3. The summed E-state index contributed by atoms with van der Waals surface area (Å²) in [4.78, 5) is 24.0. The molecule has 2 aromatic carbocycles. The van der Waals surface area contributed by atoms with Crippen LogP contribution in [-0.2, 0) is 0 Å². The summed E-state index contributed by atoms with van der Waals surface area (Å²) in [7, 11) is 0. The van der Waals surface area contributed by atoms with Crippen molar-refractivity contribution in [3.05, 3.63) is 53.6 Å². The number of carbonyl (C=O) groups is 2. The maximum absolute atomic E-state index is 12.1. The van der Waals surface area contributed by atoms with E-state index in [9.17, 15) is 14.7 Å². The number of aromatic hydroxyl groups is 1. The van der Waals surface area contributed by atoms with Crippen molar-refractivity contribution in [1.82, 2.24) is 0 Å². The van der Waals surface area contributed by atoms with Crippen LogP contribution in [0.5, 0.6) is 5.75 Å².